The summed E-state index contributed by atoms with van der Waals surface area (Å²) in [7, 11) is 1.46. The maximum Gasteiger partial charge on any atom is 0.325 e. The number of nitrogens with zero attached hydrogens (tertiary/aromatic N) is 1. The fourth-order valence-corrected chi connectivity index (χ4v) is 1.37. The van der Waals surface area contributed by atoms with Crippen LogP contribution in [0, 0.1) is 11.3 Å². The van der Waals surface area contributed by atoms with E-state index in [0.717, 1.165) is 6.20 Å². The van der Waals surface area contributed by atoms with Gasteiger partial charge in [-0.2, -0.15) is 5.26 Å². The predicted octanol–water partition coefficient (Wildman–Crippen LogP) is 1.10. The number of nitrogens with one attached hydrogen (secondary N) is 2. The monoisotopic (exact) mass is 289 g/mol. The van der Waals surface area contributed by atoms with Crippen molar-refractivity contribution in [3.05, 3.63) is 36.0 Å². The van der Waals surface area contributed by atoms with E-state index >= 15 is 0 Å². The summed E-state index contributed by atoms with van der Waals surface area (Å²) in [6.45, 7) is 1.39. The van der Waals surface area contributed by atoms with Gasteiger partial charge in [0.05, 0.1) is 12.8 Å². The number of carboxylic acid groups (broad SMARTS) is 1. The molecule has 1 atom stereocenters. The Morgan fingerprint density at radius 1 is 1.43 bits per heavy atom. The molecule has 0 saturated carbocycles. The molecule has 0 spiro atoms. The van der Waals surface area contributed by atoms with Crippen LogP contribution < -0.4 is 15.4 Å². The van der Waals surface area contributed by atoms with Crippen LogP contribution in [-0.4, -0.2) is 30.1 Å². The SMILES string of the molecule is COc1ccccc1NC(=O)/C(C#N)=C\NC(C)C(=O)O. The van der Waals surface area contributed by atoms with Crippen LogP contribution in [0.3, 0.4) is 0 Å². The van der Waals surface area contributed by atoms with Gasteiger partial charge in [0.15, 0.2) is 0 Å². The molecule has 0 bridgehead atoms. The van der Waals surface area contributed by atoms with Crippen LogP contribution in [0.1, 0.15) is 6.92 Å². The highest BCUT2D eigenvalue weighted by atomic mass is 16.5. The van der Waals surface area contributed by atoms with Gasteiger partial charge in [-0.25, -0.2) is 0 Å². The number of nitriles is 1. The quantitative estimate of drug-likeness (QED) is 0.534. The Morgan fingerprint density at radius 2 is 2.10 bits per heavy atom. The molecule has 0 aromatic heterocycles. The van der Waals surface area contributed by atoms with Gasteiger partial charge in [0.2, 0.25) is 0 Å². The second-order valence-corrected chi connectivity index (χ2v) is 4.05. The van der Waals surface area contributed by atoms with Crippen molar-refractivity contribution in [1.82, 2.24) is 5.32 Å². The Labute approximate surface area is 121 Å². The lowest BCUT2D eigenvalue weighted by Crippen LogP contribution is -2.30. The third-order valence-electron chi connectivity index (χ3n) is 2.57. The van der Waals surface area contributed by atoms with Gasteiger partial charge in [-0.3, -0.25) is 9.59 Å². The molecule has 0 saturated heterocycles. The van der Waals surface area contributed by atoms with Gasteiger partial charge in [0.1, 0.15) is 23.4 Å². The molecule has 1 unspecified atom stereocenters. The molecule has 0 aliphatic carbocycles. The first-order chi connectivity index (χ1) is 9.99. The molecule has 7 heteroatoms. The number of anilines is 1. The molecule has 1 aromatic rings. The van der Waals surface area contributed by atoms with Crippen LogP contribution >= 0.6 is 0 Å². The molecular formula is C14H15N3O4. The zero-order valence-electron chi connectivity index (χ0n) is 11.6. The van der Waals surface area contributed by atoms with E-state index in [1.807, 2.05) is 0 Å². The number of hydrogen-bond acceptors (Lipinski definition) is 5. The lowest BCUT2D eigenvalue weighted by molar-refractivity contribution is -0.138. The van der Waals surface area contributed by atoms with E-state index in [-0.39, 0.29) is 5.57 Å². The molecule has 3 N–H and O–H groups in total. The summed E-state index contributed by atoms with van der Waals surface area (Å²) in [5, 5.41) is 22.6. The zero-order valence-corrected chi connectivity index (χ0v) is 11.6. The van der Waals surface area contributed by atoms with Crippen molar-refractivity contribution in [3.63, 3.8) is 0 Å². The molecule has 0 aliphatic heterocycles. The Balaban J connectivity index is 2.83. The topological polar surface area (TPSA) is 111 Å². The standard InChI is InChI=1S/C14H15N3O4/c1-9(14(19)20)16-8-10(7-15)13(18)17-11-5-3-4-6-12(11)21-2/h3-6,8-9,16H,1-2H3,(H,17,18)(H,19,20)/b10-8-. The van der Waals surface area contributed by atoms with Crippen molar-refractivity contribution in [2.75, 3.05) is 12.4 Å². The first kappa shape index (κ1) is 16.0. The lowest BCUT2D eigenvalue weighted by atomic mass is 10.2. The number of amides is 1. The number of methoxy groups -OCH3 is 1. The van der Waals surface area contributed by atoms with E-state index in [2.05, 4.69) is 10.6 Å². The lowest BCUT2D eigenvalue weighted by Gasteiger charge is -2.10. The van der Waals surface area contributed by atoms with Gasteiger partial charge >= 0.3 is 5.97 Å². The molecule has 0 fully saturated rings. The molecule has 0 radical (unpaired) electrons. The average Bonchev–Trinajstić information content (AvgIpc) is 2.48. The second-order valence-electron chi connectivity index (χ2n) is 4.05. The van der Waals surface area contributed by atoms with Crippen molar-refractivity contribution in [3.8, 4) is 11.8 Å². The smallest absolute Gasteiger partial charge is 0.325 e. The number of carboxylic acids is 1. The predicted molar refractivity (Wildman–Crippen MR) is 75.6 cm³/mol. The van der Waals surface area contributed by atoms with Crippen LogP contribution in [0.5, 0.6) is 5.75 Å². The van der Waals surface area contributed by atoms with Gasteiger partial charge < -0.3 is 20.5 Å². The Hall–Kier alpha value is -3.01. The summed E-state index contributed by atoms with van der Waals surface area (Å²) in [4.78, 5) is 22.6. The van der Waals surface area contributed by atoms with Crippen LogP contribution in [0.4, 0.5) is 5.69 Å². The minimum absolute atomic E-state index is 0.242. The molecule has 1 aromatic carbocycles. The molecule has 7 nitrogen and oxygen atoms in total. The summed E-state index contributed by atoms with van der Waals surface area (Å²) in [5.74, 6) is -1.30. The highest BCUT2D eigenvalue weighted by molar-refractivity contribution is 6.07. The Kier molecular flexibility index (Phi) is 5.77. The van der Waals surface area contributed by atoms with Crippen LogP contribution in [-0.2, 0) is 9.59 Å². The summed E-state index contributed by atoms with van der Waals surface area (Å²) in [5.41, 5.74) is 0.173. The van der Waals surface area contributed by atoms with E-state index in [1.54, 1.807) is 30.3 Å². The molecule has 1 amide bonds. The van der Waals surface area contributed by atoms with E-state index in [4.69, 9.17) is 15.1 Å². The zero-order chi connectivity index (χ0) is 15.8. The number of para-hydroxylation sites is 2. The fraction of sp³-hybridized carbons (Fsp3) is 0.214. The first-order valence-corrected chi connectivity index (χ1v) is 6.03. The van der Waals surface area contributed by atoms with E-state index < -0.39 is 17.9 Å². The summed E-state index contributed by atoms with van der Waals surface area (Å²) < 4.78 is 5.08. The van der Waals surface area contributed by atoms with Crippen LogP contribution in [0.15, 0.2) is 36.0 Å². The van der Waals surface area contributed by atoms with Gasteiger partial charge in [0.25, 0.3) is 5.91 Å². The number of carbonyl (C=O) groups is 2. The number of benzene rings is 1. The normalized spacial score (nSPS) is 12.0. The van der Waals surface area contributed by atoms with Crippen molar-refractivity contribution in [2.45, 2.75) is 13.0 Å². The summed E-state index contributed by atoms with van der Waals surface area (Å²) in [6.07, 6.45) is 1.07. The molecule has 0 heterocycles. The second kappa shape index (κ2) is 7.55. The Morgan fingerprint density at radius 3 is 2.67 bits per heavy atom. The minimum atomic E-state index is -1.09. The van der Waals surface area contributed by atoms with Gasteiger partial charge in [-0.1, -0.05) is 12.1 Å². The number of carbonyl (C=O) groups excluding carboxylic acids is 1. The van der Waals surface area contributed by atoms with Gasteiger partial charge in [0, 0.05) is 6.20 Å². The first-order valence-electron chi connectivity index (χ1n) is 6.03. The number of rotatable bonds is 6. The van der Waals surface area contributed by atoms with Crippen LogP contribution in [0.25, 0.3) is 0 Å². The maximum absolute atomic E-state index is 11.9. The third kappa shape index (κ3) is 4.54. The number of aliphatic carboxylic acids is 1. The highest BCUT2D eigenvalue weighted by Crippen LogP contribution is 2.23. The van der Waals surface area contributed by atoms with Crippen molar-refractivity contribution in [2.24, 2.45) is 0 Å². The minimum Gasteiger partial charge on any atom is -0.495 e. The number of ether oxygens (including phenoxy) is 1. The van der Waals surface area contributed by atoms with Gasteiger partial charge in [-0.15, -0.1) is 0 Å². The average molecular weight is 289 g/mol. The van der Waals surface area contributed by atoms with Gasteiger partial charge in [-0.05, 0) is 19.1 Å². The van der Waals surface area contributed by atoms with Crippen molar-refractivity contribution >= 4 is 17.6 Å². The molecule has 1 rings (SSSR count). The third-order valence-corrected chi connectivity index (χ3v) is 2.57. The fourth-order valence-electron chi connectivity index (χ4n) is 1.37. The van der Waals surface area contributed by atoms with E-state index in [0.29, 0.717) is 11.4 Å². The molecule has 110 valence electrons. The van der Waals surface area contributed by atoms with Crippen molar-refractivity contribution < 1.29 is 19.4 Å². The van der Waals surface area contributed by atoms with Crippen molar-refractivity contribution in [1.29, 1.82) is 5.26 Å². The van der Waals surface area contributed by atoms with E-state index in [9.17, 15) is 9.59 Å². The summed E-state index contributed by atoms with van der Waals surface area (Å²) >= 11 is 0. The molecule has 0 aliphatic rings. The molecular weight excluding hydrogens is 274 g/mol. The Bertz CT molecular complexity index is 604. The highest BCUT2D eigenvalue weighted by Gasteiger charge is 2.13. The number of hydrogen-bond donors (Lipinski definition) is 3. The molecule has 21 heavy (non-hydrogen) atoms. The van der Waals surface area contributed by atoms with E-state index in [1.165, 1.54) is 14.0 Å². The van der Waals surface area contributed by atoms with Crippen LogP contribution in [0.2, 0.25) is 0 Å². The maximum atomic E-state index is 11.9. The summed E-state index contributed by atoms with van der Waals surface area (Å²) in [6, 6.07) is 7.53. The largest absolute Gasteiger partial charge is 0.495 e.